The fraction of sp³-hybridized carbons (Fsp3) is 0.444. The maximum absolute atomic E-state index is 6.04. The first-order chi connectivity index (χ1) is 7.38. The zero-order valence-corrected chi connectivity index (χ0v) is 10.7. The number of halogens is 3. The first-order valence-corrected chi connectivity index (χ1v) is 5.73. The third-order valence-corrected chi connectivity index (χ3v) is 2.72. The van der Waals surface area contributed by atoms with Gasteiger partial charge >= 0.3 is 0 Å². The summed E-state index contributed by atoms with van der Waals surface area (Å²) in [6.45, 7) is 1.97. The van der Waals surface area contributed by atoms with Crippen molar-refractivity contribution in [3.63, 3.8) is 0 Å². The van der Waals surface area contributed by atoms with Crippen LogP contribution in [0, 0.1) is 0 Å². The Morgan fingerprint density at radius 3 is 2.88 bits per heavy atom. The second-order valence-electron chi connectivity index (χ2n) is 3.53. The molecule has 0 aromatic carbocycles. The van der Waals surface area contributed by atoms with E-state index in [9.17, 15) is 0 Å². The quantitative estimate of drug-likeness (QED) is 0.806. The van der Waals surface area contributed by atoms with E-state index in [1.54, 1.807) is 24.2 Å². The molecule has 0 fully saturated rings. The minimum atomic E-state index is -1.39. The molecule has 1 aromatic heterocycles. The second kappa shape index (κ2) is 4.11. The number of fused-ring (bicyclic) bond motifs is 1. The van der Waals surface area contributed by atoms with Crippen LogP contribution in [0.25, 0.3) is 0 Å². The third kappa shape index (κ3) is 2.30. The summed E-state index contributed by atoms with van der Waals surface area (Å²) in [6, 6.07) is 1.77. The highest BCUT2D eigenvalue weighted by atomic mass is 35.6. The molecule has 1 aliphatic rings. The highest BCUT2D eigenvalue weighted by molar-refractivity contribution is 6.67. The average Bonchev–Trinajstić information content (AvgIpc) is 2.58. The molecule has 7 heteroatoms. The number of rotatable bonds is 1. The molecule has 0 saturated heterocycles. The van der Waals surface area contributed by atoms with Crippen molar-refractivity contribution >= 4 is 46.5 Å². The Labute approximate surface area is 108 Å². The fourth-order valence-corrected chi connectivity index (χ4v) is 2.00. The van der Waals surface area contributed by atoms with Crippen molar-refractivity contribution < 1.29 is 4.42 Å². The topological polar surface area (TPSA) is 54.8 Å². The highest BCUT2D eigenvalue weighted by Gasteiger charge is 2.32. The summed E-state index contributed by atoms with van der Waals surface area (Å²) in [4.78, 5) is 5.97. The summed E-state index contributed by atoms with van der Waals surface area (Å²) in [5.41, 5.74) is 6.83. The lowest BCUT2D eigenvalue weighted by Gasteiger charge is -2.34. The van der Waals surface area contributed by atoms with Crippen molar-refractivity contribution in [1.82, 2.24) is 4.90 Å². The molecule has 88 valence electrons. The molecular weight excluding hydrogens is 272 g/mol. The molecule has 1 unspecified atom stereocenters. The number of amidine groups is 1. The van der Waals surface area contributed by atoms with Gasteiger partial charge in [0.05, 0.1) is 18.4 Å². The van der Waals surface area contributed by atoms with Crippen LogP contribution in [0.4, 0.5) is 5.88 Å². The van der Waals surface area contributed by atoms with Gasteiger partial charge in [-0.25, -0.2) is 4.99 Å². The van der Waals surface area contributed by atoms with Gasteiger partial charge in [-0.05, 0) is 13.0 Å². The number of nitrogens with zero attached hydrogens (tertiary/aromatic N) is 2. The minimum absolute atomic E-state index is 0.179. The summed E-state index contributed by atoms with van der Waals surface area (Å²) in [5.74, 6) is 1.19. The van der Waals surface area contributed by atoms with E-state index in [2.05, 4.69) is 4.99 Å². The molecule has 1 aliphatic heterocycles. The van der Waals surface area contributed by atoms with Crippen LogP contribution in [-0.4, -0.2) is 21.1 Å². The number of aliphatic imine (C=N–C) groups is 1. The van der Waals surface area contributed by atoms with Gasteiger partial charge in [0.1, 0.15) is 12.0 Å². The van der Waals surface area contributed by atoms with Crippen LogP contribution < -0.4 is 5.73 Å². The Bertz CT molecular complexity index is 424. The molecule has 2 N–H and O–H groups in total. The number of hydrogen-bond acceptors (Lipinski definition) is 4. The van der Waals surface area contributed by atoms with E-state index >= 15 is 0 Å². The monoisotopic (exact) mass is 281 g/mol. The molecule has 0 aliphatic carbocycles. The van der Waals surface area contributed by atoms with Crippen LogP contribution in [0.3, 0.4) is 0 Å². The van der Waals surface area contributed by atoms with Crippen molar-refractivity contribution in [3.8, 4) is 0 Å². The van der Waals surface area contributed by atoms with Gasteiger partial charge < -0.3 is 15.1 Å². The summed E-state index contributed by atoms with van der Waals surface area (Å²) in [7, 11) is 0. The van der Waals surface area contributed by atoms with Crippen LogP contribution in [0.2, 0.25) is 0 Å². The summed E-state index contributed by atoms with van der Waals surface area (Å²) >= 11 is 17.3. The van der Waals surface area contributed by atoms with E-state index in [1.807, 2.05) is 0 Å². The SMILES string of the molecule is CC1=Nc2occc2C(N)N1CC(Cl)(Cl)Cl. The number of alkyl halides is 3. The molecule has 2 heterocycles. The molecule has 4 nitrogen and oxygen atoms in total. The second-order valence-corrected chi connectivity index (χ2v) is 6.04. The largest absolute Gasteiger partial charge is 0.446 e. The summed E-state index contributed by atoms with van der Waals surface area (Å²) < 4.78 is 3.79. The molecule has 0 saturated carbocycles. The predicted octanol–water partition coefficient (Wildman–Crippen LogP) is 2.97. The van der Waals surface area contributed by atoms with Crippen LogP contribution >= 0.6 is 34.8 Å². The van der Waals surface area contributed by atoms with Crippen LogP contribution in [0.15, 0.2) is 21.7 Å². The van der Waals surface area contributed by atoms with Gasteiger partial charge in [-0.3, -0.25) is 0 Å². The lowest BCUT2D eigenvalue weighted by atomic mass is 10.2. The van der Waals surface area contributed by atoms with Gasteiger partial charge in [0.25, 0.3) is 0 Å². The van der Waals surface area contributed by atoms with E-state index in [4.69, 9.17) is 45.0 Å². The summed E-state index contributed by atoms with van der Waals surface area (Å²) in [5, 5.41) is 0. The minimum Gasteiger partial charge on any atom is -0.446 e. The van der Waals surface area contributed by atoms with Gasteiger partial charge in [0.15, 0.2) is 0 Å². The average molecular weight is 283 g/mol. The number of nitrogens with two attached hydrogens (primary N) is 1. The smallest absolute Gasteiger partial charge is 0.226 e. The normalized spacial score (nSPS) is 20.7. The molecular formula is C9H10Cl3N3O. The van der Waals surface area contributed by atoms with E-state index in [1.165, 1.54) is 0 Å². The Kier molecular flexibility index (Phi) is 3.09. The van der Waals surface area contributed by atoms with Gasteiger partial charge in [-0.1, -0.05) is 34.8 Å². The molecule has 2 rings (SSSR count). The van der Waals surface area contributed by atoms with E-state index in [0.29, 0.717) is 11.7 Å². The molecule has 1 atom stereocenters. The first-order valence-electron chi connectivity index (χ1n) is 4.60. The van der Waals surface area contributed by atoms with Gasteiger partial charge in [0, 0.05) is 0 Å². The standard InChI is InChI=1S/C9H10Cl3N3O/c1-5-14-8-6(2-3-16-8)7(13)15(5)4-9(10,11)12/h2-3,7H,4,13H2,1H3. The lowest BCUT2D eigenvalue weighted by molar-refractivity contribution is 0.318. The van der Waals surface area contributed by atoms with Gasteiger partial charge in [-0.15, -0.1) is 0 Å². The predicted molar refractivity (Wildman–Crippen MR) is 65.4 cm³/mol. The highest BCUT2D eigenvalue weighted by Crippen LogP contribution is 2.36. The van der Waals surface area contributed by atoms with Gasteiger partial charge in [-0.2, -0.15) is 0 Å². The van der Waals surface area contributed by atoms with Crippen LogP contribution in [0.1, 0.15) is 18.7 Å². The molecule has 1 aromatic rings. The maximum Gasteiger partial charge on any atom is 0.226 e. The molecule has 0 bridgehead atoms. The van der Waals surface area contributed by atoms with Crippen molar-refractivity contribution in [2.24, 2.45) is 10.7 Å². The Hall–Kier alpha value is -0.420. The Morgan fingerprint density at radius 1 is 1.56 bits per heavy atom. The van der Waals surface area contributed by atoms with Gasteiger partial charge in [0.2, 0.25) is 9.68 Å². The molecule has 16 heavy (non-hydrogen) atoms. The maximum atomic E-state index is 6.04. The molecule has 0 spiro atoms. The zero-order valence-electron chi connectivity index (χ0n) is 8.45. The zero-order chi connectivity index (χ0) is 11.9. The number of furan rings is 1. The van der Waals surface area contributed by atoms with Crippen molar-refractivity contribution in [3.05, 3.63) is 17.9 Å². The fourth-order valence-electron chi connectivity index (χ4n) is 1.61. The lowest BCUT2D eigenvalue weighted by Crippen LogP contribution is -2.44. The van der Waals surface area contributed by atoms with Crippen molar-refractivity contribution in [2.75, 3.05) is 6.54 Å². The third-order valence-electron chi connectivity index (χ3n) is 2.36. The van der Waals surface area contributed by atoms with E-state index < -0.39 is 9.96 Å². The molecule has 0 radical (unpaired) electrons. The van der Waals surface area contributed by atoms with Crippen molar-refractivity contribution in [2.45, 2.75) is 16.9 Å². The van der Waals surface area contributed by atoms with Crippen LogP contribution in [0.5, 0.6) is 0 Å². The van der Waals surface area contributed by atoms with Crippen LogP contribution in [-0.2, 0) is 0 Å². The van der Waals surface area contributed by atoms with Crippen molar-refractivity contribution in [1.29, 1.82) is 0 Å². The first kappa shape index (κ1) is 12.0. The number of hydrogen-bond donors (Lipinski definition) is 1. The van der Waals surface area contributed by atoms with E-state index in [-0.39, 0.29) is 6.54 Å². The Balaban J connectivity index is 2.30. The molecule has 0 amide bonds. The summed E-state index contributed by atoms with van der Waals surface area (Å²) in [6.07, 6.45) is 1.14. The Morgan fingerprint density at radius 2 is 2.25 bits per heavy atom. The van der Waals surface area contributed by atoms with E-state index in [0.717, 1.165) is 5.56 Å².